The minimum absolute atomic E-state index is 0. The van der Waals surface area contributed by atoms with E-state index in [0.717, 1.165) is 55.1 Å². The van der Waals surface area contributed by atoms with Crippen LogP contribution in [-0.2, 0) is 13.1 Å². The third-order valence-electron chi connectivity index (χ3n) is 5.56. The van der Waals surface area contributed by atoms with Crippen molar-refractivity contribution in [3.63, 3.8) is 0 Å². The van der Waals surface area contributed by atoms with Crippen LogP contribution in [-0.4, -0.2) is 49.1 Å². The molecule has 6 nitrogen and oxygen atoms in total. The lowest BCUT2D eigenvalue weighted by Gasteiger charge is -2.32. The molecule has 0 unspecified atom stereocenters. The van der Waals surface area contributed by atoms with Crippen LogP contribution in [0.4, 0.5) is 0 Å². The molecule has 0 radical (unpaired) electrons. The number of hydrogen-bond donors (Lipinski definition) is 2. The second-order valence-electron chi connectivity index (χ2n) is 7.89. The van der Waals surface area contributed by atoms with Crippen LogP contribution in [0.5, 0.6) is 5.75 Å². The third kappa shape index (κ3) is 8.23. The Labute approximate surface area is 207 Å². The van der Waals surface area contributed by atoms with Crippen LogP contribution in [0.15, 0.2) is 29.3 Å². The highest BCUT2D eigenvalue weighted by molar-refractivity contribution is 14.0. The molecule has 0 aliphatic carbocycles. The highest BCUT2D eigenvalue weighted by atomic mass is 127. The van der Waals surface area contributed by atoms with Gasteiger partial charge in [0.05, 0.1) is 24.4 Å². The summed E-state index contributed by atoms with van der Waals surface area (Å²) in [5.41, 5.74) is 2.45. The number of rotatable bonds is 8. The maximum atomic E-state index is 5.25. The Morgan fingerprint density at radius 3 is 2.48 bits per heavy atom. The summed E-state index contributed by atoms with van der Waals surface area (Å²) in [5, 5.41) is 8.04. The minimum Gasteiger partial charge on any atom is -0.497 e. The maximum absolute atomic E-state index is 5.25. The Bertz CT molecular complexity index is 816. The number of aryl methyl sites for hydroxylation is 2. The van der Waals surface area contributed by atoms with E-state index in [4.69, 9.17) is 9.73 Å². The van der Waals surface area contributed by atoms with Gasteiger partial charge in [-0.3, -0.25) is 4.90 Å². The number of hydrogen-bond acceptors (Lipinski definition) is 5. The normalized spacial score (nSPS) is 15.4. The number of nitrogens with one attached hydrogen (secondary N) is 2. The van der Waals surface area contributed by atoms with Crippen molar-refractivity contribution in [2.24, 2.45) is 10.9 Å². The number of halogens is 1. The molecular weight excluding hydrogens is 521 g/mol. The fourth-order valence-electron chi connectivity index (χ4n) is 3.79. The first-order valence-electron chi connectivity index (χ1n) is 10.9. The van der Waals surface area contributed by atoms with Gasteiger partial charge < -0.3 is 15.4 Å². The number of benzene rings is 1. The number of guanidine groups is 1. The summed E-state index contributed by atoms with van der Waals surface area (Å²) in [6.45, 7) is 12.1. The molecule has 1 aliphatic rings. The van der Waals surface area contributed by atoms with Crippen molar-refractivity contribution in [3.8, 4) is 5.75 Å². The molecule has 2 aromatic rings. The monoisotopic (exact) mass is 557 g/mol. The molecule has 1 aromatic heterocycles. The first kappa shape index (κ1) is 25.9. The first-order chi connectivity index (χ1) is 14.6. The van der Waals surface area contributed by atoms with Crippen LogP contribution < -0.4 is 15.4 Å². The van der Waals surface area contributed by atoms with E-state index in [1.807, 2.05) is 12.1 Å². The standard InChI is InChI=1S/C23H35N5OS.HI/c1-5-24-23(26-15-22-17(2)27-18(3)30-22)25-14-19-10-12-28(13-11-19)16-20-6-8-21(29-4)9-7-20;/h6-9,19H,5,10-16H2,1-4H3,(H2,24,25,26);1H. The van der Waals surface area contributed by atoms with Gasteiger partial charge in [0.15, 0.2) is 5.96 Å². The number of piperidine rings is 1. The van der Waals surface area contributed by atoms with Gasteiger partial charge in [0, 0.05) is 24.5 Å². The zero-order chi connectivity index (χ0) is 21.3. The molecule has 3 rings (SSSR count). The van der Waals surface area contributed by atoms with Gasteiger partial charge in [-0.25, -0.2) is 9.98 Å². The average Bonchev–Trinajstić information content (AvgIpc) is 3.08. The molecule has 0 spiro atoms. The molecule has 31 heavy (non-hydrogen) atoms. The summed E-state index contributed by atoms with van der Waals surface area (Å²) < 4.78 is 5.25. The van der Waals surface area contributed by atoms with E-state index in [9.17, 15) is 0 Å². The summed E-state index contributed by atoms with van der Waals surface area (Å²) >= 11 is 1.74. The summed E-state index contributed by atoms with van der Waals surface area (Å²) in [7, 11) is 1.71. The van der Waals surface area contributed by atoms with E-state index in [0.29, 0.717) is 12.5 Å². The van der Waals surface area contributed by atoms with Gasteiger partial charge in [-0.1, -0.05) is 12.1 Å². The lowest BCUT2D eigenvalue weighted by atomic mass is 9.96. The van der Waals surface area contributed by atoms with Crippen LogP contribution in [0.3, 0.4) is 0 Å². The Balaban J connectivity index is 0.00000341. The predicted octanol–water partition coefficient (Wildman–Crippen LogP) is 4.35. The second-order valence-corrected chi connectivity index (χ2v) is 9.17. The molecule has 1 aromatic carbocycles. The fourth-order valence-corrected chi connectivity index (χ4v) is 4.65. The van der Waals surface area contributed by atoms with Crippen LogP contribution in [0, 0.1) is 19.8 Å². The van der Waals surface area contributed by atoms with Gasteiger partial charge >= 0.3 is 0 Å². The zero-order valence-corrected chi connectivity index (χ0v) is 22.3. The van der Waals surface area contributed by atoms with Gasteiger partial charge in [-0.2, -0.15) is 0 Å². The molecule has 2 N–H and O–H groups in total. The van der Waals surface area contributed by atoms with E-state index < -0.39 is 0 Å². The Kier molecular flexibility index (Phi) is 11.0. The highest BCUT2D eigenvalue weighted by Gasteiger charge is 2.19. The molecule has 0 bridgehead atoms. The average molecular weight is 558 g/mol. The van der Waals surface area contributed by atoms with Gasteiger partial charge in [-0.15, -0.1) is 35.3 Å². The Morgan fingerprint density at radius 1 is 1.19 bits per heavy atom. The summed E-state index contributed by atoms with van der Waals surface area (Å²) in [6, 6.07) is 8.42. The number of aliphatic imine (C=N–C) groups is 1. The summed E-state index contributed by atoms with van der Waals surface area (Å²) in [5.74, 6) is 2.51. The van der Waals surface area contributed by atoms with Crippen molar-refractivity contribution < 1.29 is 4.74 Å². The fraction of sp³-hybridized carbons (Fsp3) is 0.565. The van der Waals surface area contributed by atoms with Crippen molar-refractivity contribution in [1.82, 2.24) is 20.5 Å². The molecule has 8 heteroatoms. The number of nitrogens with zero attached hydrogens (tertiary/aromatic N) is 3. The lowest BCUT2D eigenvalue weighted by Crippen LogP contribution is -2.42. The minimum atomic E-state index is 0. The highest BCUT2D eigenvalue weighted by Crippen LogP contribution is 2.20. The van der Waals surface area contributed by atoms with Gasteiger partial charge in [0.25, 0.3) is 0 Å². The molecule has 2 heterocycles. The van der Waals surface area contributed by atoms with Crippen molar-refractivity contribution in [2.45, 2.75) is 46.7 Å². The topological polar surface area (TPSA) is 61.8 Å². The molecule has 1 saturated heterocycles. The Morgan fingerprint density at radius 2 is 1.90 bits per heavy atom. The maximum Gasteiger partial charge on any atom is 0.191 e. The number of thiazole rings is 1. The van der Waals surface area contributed by atoms with E-state index in [-0.39, 0.29) is 24.0 Å². The molecule has 172 valence electrons. The Hall–Kier alpha value is -1.39. The van der Waals surface area contributed by atoms with E-state index in [1.165, 1.54) is 23.3 Å². The van der Waals surface area contributed by atoms with Crippen LogP contribution in [0.25, 0.3) is 0 Å². The quantitative estimate of drug-likeness (QED) is 0.287. The largest absolute Gasteiger partial charge is 0.497 e. The zero-order valence-electron chi connectivity index (χ0n) is 19.1. The SMILES string of the molecule is CCNC(=NCc1sc(C)nc1C)NCC1CCN(Cc2ccc(OC)cc2)CC1.I. The molecule has 1 fully saturated rings. The van der Waals surface area contributed by atoms with Gasteiger partial charge in [0.2, 0.25) is 0 Å². The van der Waals surface area contributed by atoms with Crippen molar-refractivity contribution in [2.75, 3.05) is 33.3 Å². The number of likely N-dealkylation sites (tertiary alicyclic amines) is 1. The predicted molar refractivity (Wildman–Crippen MR) is 141 cm³/mol. The van der Waals surface area contributed by atoms with Gasteiger partial charge in [-0.05, 0) is 70.3 Å². The molecule has 0 saturated carbocycles. The molecule has 1 aliphatic heterocycles. The van der Waals surface area contributed by atoms with E-state index in [1.54, 1.807) is 18.4 Å². The van der Waals surface area contributed by atoms with Crippen LogP contribution in [0.1, 0.15) is 40.9 Å². The summed E-state index contributed by atoms with van der Waals surface area (Å²) in [4.78, 5) is 13.1. The summed E-state index contributed by atoms with van der Waals surface area (Å²) in [6.07, 6.45) is 2.44. The lowest BCUT2D eigenvalue weighted by molar-refractivity contribution is 0.178. The van der Waals surface area contributed by atoms with Crippen molar-refractivity contribution in [1.29, 1.82) is 0 Å². The molecule has 0 atom stereocenters. The van der Waals surface area contributed by atoms with Crippen LogP contribution in [0.2, 0.25) is 0 Å². The third-order valence-corrected chi connectivity index (χ3v) is 6.61. The number of ether oxygens (including phenoxy) is 1. The van der Waals surface area contributed by atoms with E-state index in [2.05, 4.69) is 53.4 Å². The second kappa shape index (κ2) is 13.2. The molecule has 0 amide bonds. The smallest absolute Gasteiger partial charge is 0.191 e. The van der Waals surface area contributed by atoms with Crippen LogP contribution >= 0.6 is 35.3 Å². The van der Waals surface area contributed by atoms with Crippen molar-refractivity contribution >= 4 is 41.3 Å². The van der Waals surface area contributed by atoms with Gasteiger partial charge in [0.1, 0.15) is 5.75 Å². The number of aromatic nitrogens is 1. The molecular formula is C23H36IN5OS. The first-order valence-corrected chi connectivity index (χ1v) is 11.7. The number of methoxy groups -OCH3 is 1. The van der Waals surface area contributed by atoms with E-state index >= 15 is 0 Å². The van der Waals surface area contributed by atoms with Crippen molar-refractivity contribution in [3.05, 3.63) is 45.4 Å².